The molecule has 1 heterocycles. The Morgan fingerprint density at radius 1 is 1.04 bits per heavy atom. The van der Waals surface area contributed by atoms with Crippen molar-refractivity contribution in [2.75, 3.05) is 0 Å². The number of hydrogen-bond acceptors (Lipinski definition) is 5. The van der Waals surface area contributed by atoms with Crippen LogP contribution in [0.2, 0.25) is 0 Å². The van der Waals surface area contributed by atoms with Gasteiger partial charge in [0, 0.05) is 18.2 Å². The van der Waals surface area contributed by atoms with E-state index in [1.807, 2.05) is 54.6 Å². The number of amides is 1. The van der Waals surface area contributed by atoms with Gasteiger partial charge in [-0.15, -0.1) is 0 Å². The molecule has 1 amide bonds. The Morgan fingerprint density at radius 2 is 1.76 bits per heavy atom. The third-order valence-electron chi connectivity index (χ3n) is 3.38. The lowest BCUT2D eigenvalue weighted by molar-refractivity contribution is -0.380. The van der Waals surface area contributed by atoms with Crippen LogP contribution in [0.3, 0.4) is 0 Å². The maximum absolute atomic E-state index is 12.2. The first-order valence-corrected chi connectivity index (χ1v) is 8.28. The Kier molecular flexibility index (Phi) is 5.06. The second-order valence-electron chi connectivity index (χ2n) is 5.10. The fourth-order valence-electron chi connectivity index (χ4n) is 2.18. The molecule has 1 N–H and O–H groups in total. The highest BCUT2D eigenvalue weighted by molar-refractivity contribution is 7.17. The van der Waals surface area contributed by atoms with Gasteiger partial charge in [-0.05, 0) is 24.3 Å². The van der Waals surface area contributed by atoms with Gasteiger partial charge >= 0.3 is 5.00 Å². The molecule has 0 aliphatic rings. The summed E-state index contributed by atoms with van der Waals surface area (Å²) >= 11 is 0.849. The van der Waals surface area contributed by atoms with Crippen LogP contribution in [0, 0.1) is 10.1 Å². The van der Waals surface area contributed by atoms with Crippen molar-refractivity contribution < 1.29 is 14.5 Å². The van der Waals surface area contributed by atoms with Crippen LogP contribution in [0.15, 0.2) is 66.7 Å². The largest absolute Gasteiger partial charge is 0.457 e. The van der Waals surface area contributed by atoms with Gasteiger partial charge in [-0.25, -0.2) is 0 Å². The maximum Gasteiger partial charge on any atom is 0.324 e. The third-order valence-corrected chi connectivity index (χ3v) is 4.41. The van der Waals surface area contributed by atoms with Gasteiger partial charge in [0.15, 0.2) is 0 Å². The molecule has 25 heavy (non-hydrogen) atoms. The minimum absolute atomic E-state index is 0.0574. The molecule has 0 aliphatic carbocycles. The summed E-state index contributed by atoms with van der Waals surface area (Å²) in [7, 11) is 0. The van der Waals surface area contributed by atoms with E-state index in [-0.39, 0.29) is 17.5 Å². The predicted octanol–water partition coefficient (Wildman–Crippen LogP) is 4.38. The van der Waals surface area contributed by atoms with E-state index in [1.54, 1.807) is 0 Å². The zero-order valence-electron chi connectivity index (χ0n) is 13.0. The van der Waals surface area contributed by atoms with Gasteiger partial charge in [0.25, 0.3) is 5.91 Å². The number of benzene rings is 2. The number of nitro groups is 1. The number of nitrogens with zero attached hydrogens (tertiary/aromatic N) is 1. The fraction of sp³-hybridized carbons (Fsp3) is 0.0556. The van der Waals surface area contributed by atoms with Gasteiger partial charge < -0.3 is 10.1 Å². The molecule has 0 saturated carbocycles. The van der Waals surface area contributed by atoms with Crippen LogP contribution in [-0.2, 0) is 6.54 Å². The summed E-state index contributed by atoms with van der Waals surface area (Å²) in [4.78, 5) is 22.7. The number of ether oxygens (including phenoxy) is 1. The Labute approximate surface area is 147 Å². The van der Waals surface area contributed by atoms with Crippen molar-refractivity contribution in [2.45, 2.75) is 6.54 Å². The van der Waals surface area contributed by atoms with Gasteiger partial charge in [0.2, 0.25) is 0 Å². The van der Waals surface area contributed by atoms with Crippen molar-refractivity contribution in [1.82, 2.24) is 5.32 Å². The lowest BCUT2D eigenvalue weighted by Crippen LogP contribution is -2.22. The summed E-state index contributed by atoms with van der Waals surface area (Å²) in [6.07, 6.45) is 0. The summed E-state index contributed by atoms with van der Waals surface area (Å²) in [5.41, 5.74) is 0.811. The maximum atomic E-state index is 12.2. The summed E-state index contributed by atoms with van der Waals surface area (Å²) in [6, 6.07) is 19.5. The quantitative estimate of drug-likeness (QED) is 0.526. The van der Waals surface area contributed by atoms with Crippen LogP contribution in [-0.4, -0.2) is 10.8 Å². The zero-order chi connectivity index (χ0) is 17.6. The Morgan fingerprint density at radius 3 is 2.48 bits per heavy atom. The van der Waals surface area contributed by atoms with Crippen LogP contribution in [0.5, 0.6) is 11.5 Å². The van der Waals surface area contributed by atoms with Gasteiger partial charge in [-0.1, -0.05) is 47.7 Å². The molecule has 0 bridgehead atoms. The highest BCUT2D eigenvalue weighted by atomic mass is 32.1. The number of rotatable bonds is 6. The molecule has 7 heteroatoms. The molecule has 1 aromatic heterocycles. The number of carbonyl (C=O) groups excluding carboxylic acids is 1. The fourth-order valence-corrected chi connectivity index (χ4v) is 2.91. The number of para-hydroxylation sites is 2. The number of thiophene rings is 1. The molecule has 0 saturated heterocycles. The predicted molar refractivity (Wildman–Crippen MR) is 95.1 cm³/mol. The van der Waals surface area contributed by atoms with E-state index in [4.69, 9.17) is 4.74 Å². The molecule has 0 aliphatic heterocycles. The highest BCUT2D eigenvalue weighted by Gasteiger charge is 2.15. The summed E-state index contributed by atoms with van der Waals surface area (Å²) in [6.45, 7) is 0.257. The van der Waals surface area contributed by atoms with E-state index in [0.717, 1.165) is 16.9 Å². The summed E-state index contributed by atoms with van der Waals surface area (Å²) in [5, 5.41) is 13.4. The molecule has 0 spiro atoms. The topological polar surface area (TPSA) is 81.5 Å². The van der Waals surface area contributed by atoms with Crippen LogP contribution in [0.1, 0.15) is 15.2 Å². The first kappa shape index (κ1) is 16.7. The molecule has 0 unspecified atom stereocenters. The van der Waals surface area contributed by atoms with Crippen LogP contribution in [0.4, 0.5) is 5.00 Å². The molecule has 0 radical (unpaired) electrons. The van der Waals surface area contributed by atoms with E-state index in [2.05, 4.69) is 5.32 Å². The van der Waals surface area contributed by atoms with Crippen molar-refractivity contribution in [3.05, 3.63) is 87.3 Å². The Bertz CT molecular complexity index is 893. The third kappa shape index (κ3) is 4.21. The molecule has 3 aromatic rings. The average molecular weight is 354 g/mol. The van der Waals surface area contributed by atoms with Crippen molar-refractivity contribution >= 4 is 22.2 Å². The van der Waals surface area contributed by atoms with Gasteiger partial charge in [-0.3, -0.25) is 14.9 Å². The summed E-state index contributed by atoms with van der Waals surface area (Å²) < 4.78 is 5.85. The minimum atomic E-state index is -0.509. The Hall–Kier alpha value is -3.19. The van der Waals surface area contributed by atoms with E-state index in [9.17, 15) is 14.9 Å². The standard InChI is InChI=1S/C18H14N2O4S/c21-18(16-10-11-17(25-16)20(22)23)19-12-13-6-4-5-9-15(13)24-14-7-2-1-3-8-14/h1-11H,12H2,(H,19,21). The Balaban J connectivity index is 1.68. The smallest absolute Gasteiger partial charge is 0.324 e. The van der Waals surface area contributed by atoms with Crippen LogP contribution in [0.25, 0.3) is 0 Å². The van der Waals surface area contributed by atoms with E-state index >= 15 is 0 Å². The van der Waals surface area contributed by atoms with Gasteiger partial charge in [-0.2, -0.15) is 0 Å². The molecule has 2 aromatic carbocycles. The van der Waals surface area contributed by atoms with Crippen molar-refractivity contribution in [3.8, 4) is 11.5 Å². The van der Waals surface area contributed by atoms with Crippen LogP contribution < -0.4 is 10.1 Å². The molecular weight excluding hydrogens is 340 g/mol. The normalized spacial score (nSPS) is 10.2. The molecule has 126 valence electrons. The summed E-state index contributed by atoms with van der Waals surface area (Å²) in [5.74, 6) is 0.994. The van der Waals surface area contributed by atoms with Gasteiger partial charge in [0.1, 0.15) is 11.5 Å². The molecule has 6 nitrogen and oxygen atoms in total. The van der Waals surface area contributed by atoms with E-state index in [1.165, 1.54) is 12.1 Å². The number of carbonyl (C=O) groups is 1. The first-order valence-electron chi connectivity index (χ1n) is 7.47. The van der Waals surface area contributed by atoms with E-state index < -0.39 is 4.92 Å². The average Bonchev–Trinajstić information content (AvgIpc) is 3.12. The second-order valence-corrected chi connectivity index (χ2v) is 6.16. The lowest BCUT2D eigenvalue weighted by atomic mass is 10.2. The SMILES string of the molecule is O=C(NCc1ccccc1Oc1ccccc1)c1ccc([N+](=O)[O-])s1. The van der Waals surface area contributed by atoms with Crippen molar-refractivity contribution in [3.63, 3.8) is 0 Å². The first-order chi connectivity index (χ1) is 12.1. The lowest BCUT2D eigenvalue weighted by Gasteiger charge is -2.11. The molecule has 0 atom stereocenters. The van der Waals surface area contributed by atoms with E-state index in [0.29, 0.717) is 16.4 Å². The number of nitrogens with one attached hydrogen (secondary N) is 1. The van der Waals surface area contributed by atoms with Crippen LogP contribution >= 0.6 is 11.3 Å². The molecule has 0 fully saturated rings. The minimum Gasteiger partial charge on any atom is -0.457 e. The monoisotopic (exact) mass is 354 g/mol. The molecule has 3 rings (SSSR count). The zero-order valence-corrected chi connectivity index (χ0v) is 13.9. The highest BCUT2D eigenvalue weighted by Crippen LogP contribution is 2.26. The van der Waals surface area contributed by atoms with Gasteiger partial charge in [0.05, 0.1) is 9.80 Å². The second kappa shape index (κ2) is 7.59. The van der Waals surface area contributed by atoms with Crippen molar-refractivity contribution in [2.24, 2.45) is 0 Å². The molecular formula is C18H14N2O4S. The number of hydrogen-bond donors (Lipinski definition) is 1. The van der Waals surface area contributed by atoms with Crippen molar-refractivity contribution in [1.29, 1.82) is 0 Å².